The van der Waals surface area contributed by atoms with Gasteiger partial charge in [0, 0.05) is 4.47 Å². The number of nitrogens with one attached hydrogen (secondary N) is 1. The average Bonchev–Trinajstić information content (AvgIpc) is 2.21. The minimum absolute atomic E-state index is 0.145. The molecule has 6 heteroatoms. The van der Waals surface area contributed by atoms with Gasteiger partial charge in [-0.3, -0.25) is 0 Å². The number of nitrogens with zero attached hydrogens (tertiary/aromatic N) is 1. The van der Waals surface area contributed by atoms with E-state index < -0.39 is 16.1 Å². The molecule has 16 heavy (non-hydrogen) atoms. The molecule has 4 nitrogen and oxygen atoms in total. The number of benzene rings is 1. The topological polar surface area (TPSA) is 70.0 Å². The first-order chi connectivity index (χ1) is 7.36. The van der Waals surface area contributed by atoms with Gasteiger partial charge in [0.05, 0.1) is 11.0 Å². The van der Waals surface area contributed by atoms with Crippen LogP contribution >= 0.6 is 15.9 Å². The van der Waals surface area contributed by atoms with Gasteiger partial charge in [-0.2, -0.15) is 9.98 Å². The molecule has 1 aromatic carbocycles. The summed E-state index contributed by atoms with van der Waals surface area (Å²) in [4.78, 5) is 0.145. The lowest BCUT2D eigenvalue weighted by atomic mass is 10.2. The van der Waals surface area contributed by atoms with E-state index in [2.05, 4.69) is 20.7 Å². The zero-order chi connectivity index (χ0) is 12.3. The summed E-state index contributed by atoms with van der Waals surface area (Å²) in [5.41, 5.74) is 0.951. The summed E-state index contributed by atoms with van der Waals surface area (Å²) in [6.07, 6.45) is 0. The molecular weight excluding hydrogens is 292 g/mol. The minimum atomic E-state index is -3.61. The van der Waals surface area contributed by atoms with Crippen LogP contribution in [-0.2, 0) is 10.0 Å². The monoisotopic (exact) mass is 302 g/mol. The fraction of sp³-hybridized carbons (Fsp3) is 0.300. The van der Waals surface area contributed by atoms with E-state index in [4.69, 9.17) is 5.26 Å². The molecule has 0 unspecified atom stereocenters. The standard InChI is InChI=1S/C10H11BrN2O2S/c1-7-3-4-9(5-10(7)11)16(14,15)13-8(2)6-12/h3-5,8,13H,1-2H3/t8-/m1/s1. The van der Waals surface area contributed by atoms with Crippen molar-refractivity contribution in [1.29, 1.82) is 5.26 Å². The Bertz CT molecular complexity index is 534. The number of sulfonamides is 1. The molecule has 1 N–H and O–H groups in total. The molecule has 0 saturated carbocycles. The molecule has 1 aromatic rings. The third-order valence-electron chi connectivity index (χ3n) is 1.98. The van der Waals surface area contributed by atoms with E-state index in [1.54, 1.807) is 6.07 Å². The Balaban J connectivity index is 3.09. The predicted molar refractivity (Wildman–Crippen MR) is 64.3 cm³/mol. The number of nitriles is 1. The average molecular weight is 303 g/mol. The highest BCUT2D eigenvalue weighted by molar-refractivity contribution is 9.10. The third-order valence-corrected chi connectivity index (χ3v) is 4.37. The lowest BCUT2D eigenvalue weighted by Crippen LogP contribution is -2.31. The van der Waals surface area contributed by atoms with Crippen LogP contribution in [0.2, 0.25) is 0 Å². The Morgan fingerprint density at radius 3 is 2.62 bits per heavy atom. The van der Waals surface area contributed by atoms with E-state index >= 15 is 0 Å². The van der Waals surface area contributed by atoms with Crippen LogP contribution in [0.3, 0.4) is 0 Å². The van der Waals surface area contributed by atoms with Gasteiger partial charge >= 0.3 is 0 Å². The first kappa shape index (κ1) is 13.2. The lowest BCUT2D eigenvalue weighted by molar-refractivity contribution is 0.577. The van der Waals surface area contributed by atoms with Crippen LogP contribution in [0.15, 0.2) is 27.6 Å². The SMILES string of the molecule is Cc1ccc(S(=O)(=O)N[C@H](C)C#N)cc1Br. The van der Waals surface area contributed by atoms with Crippen LogP contribution in [-0.4, -0.2) is 14.5 Å². The molecule has 0 aliphatic rings. The van der Waals surface area contributed by atoms with E-state index in [1.165, 1.54) is 19.1 Å². The van der Waals surface area contributed by atoms with Gasteiger partial charge < -0.3 is 0 Å². The first-order valence-electron chi connectivity index (χ1n) is 4.55. The van der Waals surface area contributed by atoms with Crippen molar-refractivity contribution in [2.75, 3.05) is 0 Å². The zero-order valence-corrected chi connectivity index (χ0v) is 11.3. The van der Waals surface area contributed by atoms with E-state index in [9.17, 15) is 8.42 Å². The van der Waals surface area contributed by atoms with Crippen LogP contribution < -0.4 is 4.72 Å². The molecule has 0 radical (unpaired) electrons. The number of hydrogen-bond acceptors (Lipinski definition) is 3. The van der Waals surface area contributed by atoms with Crippen LogP contribution in [0.1, 0.15) is 12.5 Å². The summed E-state index contributed by atoms with van der Waals surface area (Å²) in [7, 11) is -3.61. The normalized spacial score (nSPS) is 13.1. The van der Waals surface area contributed by atoms with Crippen LogP contribution in [0.25, 0.3) is 0 Å². The fourth-order valence-corrected chi connectivity index (χ4v) is 2.77. The summed E-state index contributed by atoms with van der Waals surface area (Å²) in [5.74, 6) is 0. The van der Waals surface area contributed by atoms with Gasteiger partial charge in [-0.25, -0.2) is 8.42 Å². The fourth-order valence-electron chi connectivity index (χ4n) is 1.07. The second-order valence-corrected chi connectivity index (χ2v) is 5.95. The minimum Gasteiger partial charge on any atom is -0.207 e. The molecule has 0 aromatic heterocycles. The van der Waals surface area contributed by atoms with Gasteiger partial charge in [-0.05, 0) is 31.5 Å². The molecule has 0 aliphatic carbocycles. The number of halogens is 1. The van der Waals surface area contributed by atoms with Crippen molar-refractivity contribution < 1.29 is 8.42 Å². The van der Waals surface area contributed by atoms with Crippen LogP contribution in [0.5, 0.6) is 0 Å². The maximum atomic E-state index is 11.8. The summed E-state index contributed by atoms with van der Waals surface area (Å²) in [6, 6.07) is 5.80. The van der Waals surface area contributed by atoms with Gasteiger partial charge in [0.1, 0.15) is 6.04 Å². The van der Waals surface area contributed by atoms with Crippen molar-refractivity contribution >= 4 is 26.0 Å². The van der Waals surface area contributed by atoms with Crippen LogP contribution in [0.4, 0.5) is 0 Å². The maximum absolute atomic E-state index is 11.8. The highest BCUT2D eigenvalue weighted by atomic mass is 79.9. The molecule has 0 fully saturated rings. The molecule has 0 bridgehead atoms. The van der Waals surface area contributed by atoms with Gasteiger partial charge in [0.15, 0.2) is 0 Å². The second-order valence-electron chi connectivity index (χ2n) is 3.38. The molecule has 86 valence electrons. The zero-order valence-electron chi connectivity index (χ0n) is 8.86. The highest BCUT2D eigenvalue weighted by Gasteiger charge is 2.17. The summed E-state index contributed by atoms with van der Waals surface area (Å²) in [6.45, 7) is 3.35. The molecule has 1 rings (SSSR count). The predicted octanol–water partition coefficient (Wildman–Crippen LogP) is 1.95. The number of rotatable bonds is 3. The van der Waals surface area contributed by atoms with E-state index in [0.29, 0.717) is 0 Å². The van der Waals surface area contributed by atoms with E-state index in [1.807, 2.05) is 13.0 Å². The molecule has 0 amide bonds. The van der Waals surface area contributed by atoms with Crippen molar-refractivity contribution in [3.05, 3.63) is 28.2 Å². The Kier molecular flexibility index (Phi) is 4.08. The molecule has 0 saturated heterocycles. The first-order valence-corrected chi connectivity index (χ1v) is 6.82. The van der Waals surface area contributed by atoms with Crippen molar-refractivity contribution in [1.82, 2.24) is 4.72 Å². The molecule has 0 spiro atoms. The second kappa shape index (κ2) is 4.95. The van der Waals surface area contributed by atoms with Crippen molar-refractivity contribution in [3.63, 3.8) is 0 Å². The van der Waals surface area contributed by atoms with Crippen LogP contribution in [0, 0.1) is 18.3 Å². The van der Waals surface area contributed by atoms with Gasteiger partial charge in [0.25, 0.3) is 0 Å². The van der Waals surface area contributed by atoms with Crippen molar-refractivity contribution in [2.24, 2.45) is 0 Å². The van der Waals surface area contributed by atoms with Gasteiger partial charge in [-0.15, -0.1) is 0 Å². The third kappa shape index (κ3) is 3.04. The maximum Gasteiger partial charge on any atom is 0.241 e. The molecule has 0 heterocycles. The number of hydrogen-bond donors (Lipinski definition) is 1. The Labute approximate surface area is 103 Å². The van der Waals surface area contributed by atoms with Crippen molar-refractivity contribution in [2.45, 2.75) is 24.8 Å². The Hall–Kier alpha value is -0.900. The van der Waals surface area contributed by atoms with Gasteiger partial charge in [-0.1, -0.05) is 22.0 Å². The summed E-state index contributed by atoms with van der Waals surface area (Å²) < 4.78 is 26.5. The number of aryl methyl sites for hydroxylation is 1. The van der Waals surface area contributed by atoms with Gasteiger partial charge in [0.2, 0.25) is 10.0 Å². The molecule has 1 atom stereocenters. The largest absolute Gasteiger partial charge is 0.241 e. The molecular formula is C10H11BrN2O2S. The van der Waals surface area contributed by atoms with Crippen molar-refractivity contribution in [3.8, 4) is 6.07 Å². The Morgan fingerprint density at radius 2 is 2.12 bits per heavy atom. The molecule has 0 aliphatic heterocycles. The lowest BCUT2D eigenvalue weighted by Gasteiger charge is -2.08. The smallest absolute Gasteiger partial charge is 0.207 e. The quantitative estimate of drug-likeness (QED) is 0.928. The highest BCUT2D eigenvalue weighted by Crippen LogP contribution is 2.20. The van der Waals surface area contributed by atoms with E-state index in [-0.39, 0.29) is 4.90 Å². The Morgan fingerprint density at radius 1 is 1.50 bits per heavy atom. The summed E-state index contributed by atoms with van der Waals surface area (Å²) >= 11 is 3.26. The summed E-state index contributed by atoms with van der Waals surface area (Å²) in [5, 5.41) is 8.56. The van der Waals surface area contributed by atoms with E-state index in [0.717, 1.165) is 10.0 Å².